The molecule has 2 N–H and O–H groups in total. The van der Waals surface area contributed by atoms with Crippen LogP contribution in [0.1, 0.15) is 31.2 Å². The van der Waals surface area contributed by atoms with E-state index in [0.29, 0.717) is 13.3 Å². The third-order valence-electron chi connectivity index (χ3n) is 5.19. The lowest BCUT2D eigenvalue weighted by molar-refractivity contribution is 0.160. The first-order valence-electron chi connectivity index (χ1n) is 8.63. The second-order valence-corrected chi connectivity index (χ2v) is 6.79. The van der Waals surface area contributed by atoms with E-state index in [2.05, 4.69) is 34.6 Å². The maximum atomic E-state index is 5.43. The minimum absolute atomic E-state index is 0. The standard InChI is InChI=1S/C18H28N4O2.HI/c1-19-17(21-12-18(22(2)3)8-4-5-9-18)20-11-14-6-7-15-16(10-14)24-13-23-15;/h6-7,10H,4-5,8-9,11-13H2,1-3H3,(H2,19,20,21);1H. The zero-order valence-electron chi connectivity index (χ0n) is 15.3. The van der Waals surface area contributed by atoms with Crippen molar-refractivity contribution in [3.05, 3.63) is 23.8 Å². The van der Waals surface area contributed by atoms with Gasteiger partial charge in [0.25, 0.3) is 0 Å². The molecule has 6 nitrogen and oxygen atoms in total. The summed E-state index contributed by atoms with van der Waals surface area (Å²) in [7, 11) is 6.16. The first-order chi connectivity index (χ1) is 11.6. The Bertz CT molecular complexity index is 601. The van der Waals surface area contributed by atoms with Crippen LogP contribution in [-0.2, 0) is 6.54 Å². The van der Waals surface area contributed by atoms with Crippen LogP contribution < -0.4 is 20.1 Å². The monoisotopic (exact) mass is 460 g/mol. The molecule has 2 aliphatic rings. The number of hydrogen-bond acceptors (Lipinski definition) is 4. The molecule has 140 valence electrons. The maximum absolute atomic E-state index is 5.43. The minimum atomic E-state index is 0. The lowest BCUT2D eigenvalue weighted by atomic mass is 9.96. The van der Waals surface area contributed by atoms with Gasteiger partial charge in [-0.3, -0.25) is 4.99 Å². The fourth-order valence-electron chi connectivity index (χ4n) is 3.52. The van der Waals surface area contributed by atoms with E-state index in [0.717, 1.165) is 29.6 Å². The van der Waals surface area contributed by atoms with Crippen molar-refractivity contribution < 1.29 is 9.47 Å². The van der Waals surface area contributed by atoms with Crippen LogP contribution in [0.25, 0.3) is 0 Å². The van der Waals surface area contributed by atoms with Gasteiger partial charge in [0.2, 0.25) is 6.79 Å². The zero-order valence-corrected chi connectivity index (χ0v) is 17.6. The number of aliphatic imine (C=N–C) groups is 1. The highest BCUT2D eigenvalue weighted by Gasteiger charge is 2.35. The van der Waals surface area contributed by atoms with Crippen molar-refractivity contribution in [2.45, 2.75) is 37.8 Å². The highest BCUT2D eigenvalue weighted by Crippen LogP contribution is 2.33. The number of nitrogens with one attached hydrogen (secondary N) is 2. The summed E-state index contributed by atoms with van der Waals surface area (Å²) in [5, 5.41) is 6.88. The Kier molecular flexibility index (Phi) is 7.18. The van der Waals surface area contributed by atoms with Crippen molar-refractivity contribution in [3.8, 4) is 11.5 Å². The van der Waals surface area contributed by atoms with Gasteiger partial charge in [-0.05, 0) is 44.6 Å². The molecule has 25 heavy (non-hydrogen) atoms. The van der Waals surface area contributed by atoms with Gasteiger partial charge < -0.3 is 25.0 Å². The average molecular weight is 460 g/mol. The molecule has 0 saturated heterocycles. The van der Waals surface area contributed by atoms with Gasteiger partial charge in [0.15, 0.2) is 17.5 Å². The van der Waals surface area contributed by atoms with E-state index in [4.69, 9.17) is 9.47 Å². The molecule has 7 heteroatoms. The Labute approximate surface area is 167 Å². The summed E-state index contributed by atoms with van der Waals surface area (Å²) in [6.45, 7) is 1.92. The third kappa shape index (κ3) is 4.69. The molecule has 0 amide bonds. The Balaban J connectivity index is 0.00000225. The van der Waals surface area contributed by atoms with E-state index in [-0.39, 0.29) is 29.5 Å². The van der Waals surface area contributed by atoms with Crippen LogP contribution in [-0.4, -0.2) is 50.9 Å². The molecule has 0 spiro atoms. The van der Waals surface area contributed by atoms with Gasteiger partial charge in [-0.25, -0.2) is 0 Å². The van der Waals surface area contributed by atoms with Crippen LogP contribution in [0, 0.1) is 0 Å². The summed E-state index contributed by atoms with van der Waals surface area (Å²) in [6.07, 6.45) is 5.10. The van der Waals surface area contributed by atoms with E-state index >= 15 is 0 Å². The molecule has 0 aromatic heterocycles. The number of fused-ring (bicyclic) bond motifs is 1. The Morgan fingerprint density at radius 1 is 1.16 bits per heavy atom. The highest BCUT2D eigenvalue weighted by molar-refractivity contribution is 14.0. The number of rotatable bonds is 5. The quantitative estimate of drug-likeness (QED) is 0.402. The Morgan fingerprint density at radius 3 is 2.56 bits per heavy atom. The van der Waals surface area contributed by atoms with Crippen LogP contribution in [0.2, 0.25) is 0 Å². The van der Waals surface area contributed by atoms with E-state index in [1.807, 2.05) is 25.2 Å². The summed E-state index contributed by atoms with van der Waals surface area (Å²) in [4.78, 5) is 6.71. The third-order valence-corrected chi connectivity index (χ3v) is 5.19. The SMILES string of the molecule is CN=C(NCc1ccc2c(c1)OCO2)NCC1(N(C)C)CCCC1.I. The van der Waals surface area contributed by atoms with Crippen molar-refractivity contribution in [1.29, 1.82) is 0 Å². The number of halogens is 1. The molecule has 0 atom stereocenters. The van der Waals surface area contributed by atoms with Gasteiger partial charge in [0, 0.05) is 25.7 Å². The summed E-state index contributed by atoms with van der Waals surface area (Å²) in [5.74, 6) is 2.46. The topological polar surface area (TPSA) is 58.1 Å². The van der Waals surface area contributed by atoms with Crippen molar-refractivity contribution >= 4 is 29.9 Å². The number of nitrogens with zero attached hydrogens (tertiary/aromatic N) is 2. The Morgan fingerprint density at radius 2 is 1.88 bits per heavy atom. The smallest absolute Gasteiger partial charge is 0.231 e. The molecule has 0 radical (unpaired) electrons. The summed E-state index contributed by atoms with van der Waals surface area (Å²) in [6, 6.07) is 6.02. The molecule has 1 aliphatic carbocycles. The van der Waals surface area contributed by atoms with Crippen LogP contribution in [0.5, 0.6) is 11.5 Å². The fourth-order valence-corrected chi connectivity index (χ4v) is 3.52. The first-order valence-corrected chi connectivity index (χ1v) is 8.63. The lowest BCUT2D eigenvalue weighted by Crippen LogP contribution is -2.52. The van der Waals surface area contributed by atoms with Crippen LogP contribution in [0.4, 0.5) is 0 Å². The largest absolute Gasteiger partial charge is 0.454 e. The summed E-state index contributed by atoms with van der Waals surface area (Å²) >= 11 is 0. The minimum Gasteiger partial charge on any atom is -0.454 e. The highest BCUT2D eigenvalue weighted by atomic mass is 127. The number of ether oxygens (including phenoxy) is 2. The normalized spacial score (nSPS) is 18.2. The van der Waals surface area contributed by atoms with Gasteiger partial charge in [-0.15, -0.1) is 24.0 Å². The Hall–Kier alpha value is -1.22. The molecular formula is C18H29IN4O2. The molecule has 1 fully saturated rings. The molecule has 1 heterocycles. The predicted molar refractivity (Wildman–Crippen MR) is 111 cm³/mol. The van der Waals surface area contributed by atoms with Crippen LogP contribution in [0.3, 0.4) is 0 Å². The van der Waals surface area contributed by atoms with Crippen LogP contribution >= 0.6 is 24.0 Å². The molecule has 1 aliphatic heterocycles. The predicted octanol–water partition coefficient (Wildman–Crippen LogP) is 2.57. The van der Waals surface area contributed by atoms with E-state index in [1.54, 1.807) is 0 Å². The molecule has 0 unspecified atom stereocenters. The molecule has 3 rings (SSSR count). The van der Waals surface area contributed by atoms with Crippen molar-refractivity contribution in [1.82, 2.24) is 15.5 Å². The van der Waals surface area contributed by atoms with E-state index in [1.165, 1.54) is 25.7 Å². The van der Waals surface area contributed by atoms with E-state index in [9.17, 15) is 0 Å². The molecule has 1 aromatic carbocycles. The molecule has 1 saturated carbocycles. The lowest BCUT2D eigenvalue weighted by Gasteiger charge is -2.37. The van der Waals surface area contributed by atoms with Crippen molar-refractivity contribution in [2.75, 3.05) is 34.5 Å². The number of hydrogen-bond donors (Lipinski definition) is 2. The second-order valence-electron chi connectivity index (χ2n) is 6.79. The number of guanidine groups is 1. The van der Waals surface area contributed by atoms with Gasteiger partial charge in [-0.1, -0.05) is 18.9 Å². The maximum Gasteiger partial charge on any atom is 0.231 e. The van der Waals surface area contributed by atoms with Crippen molar-refractivity contribution in [3.63, 3.8) is 0 Å². The molecule has 1 aromatic rings. The molecular weight excluding hydrogens is 431 g/mol. The van der Waals surface area contributed by atoms with Crippen molar-refractivity contribution in [2.24, 2.45) is 4.99 Å². The van der Waals surface area contributed by atoms with E-state index < -0.39 is 0 Å². The number of likely N-dealkylation sites (N-methyl/N-ethyl adjacent to an activating group) is 1. The zero-order chi connectivity index (χ0) is 17.0. The van der Waals surface area contributed by atoms with Gasteiger partial charge in [-0.2, -0.15) is 0 Å². The van der Waals surface area contributed by atoms with Gasteiger partial charge in [0.1, 0.15) is 0 Å². The summed E-state index contributed by atoms with van der Waals surface area (Å²) in [5.41, 5.74) is 1.39. The first kappa shape index (κ1) is 20.1. The fraction of sp³-hybridized carbons (Fsp3) is 0.611. The molecule has 0 bridgehead atoms. The summed E-state index contributed by atoms with van der Waals surface area (Å²) < 4.78 is 10.8. The van der Waals surface area contributed by atoms with Crippen LogP contribution in [0.15, 0.2) is 23.2 Å². The van der Waals surface area contributed by atoms with Gasteiger partial charge >= 0.3 is 0 Å². The van der Waals surface area contributed by atoms with Gasteiger partial charge in [0.05, 0.1) is 0 Å². The number of benzene rings is 1. The second kappa shape index (κ2) is 8.93. The average Bonchev–Trinajstić information content (AvgIpc) is 3.24.